The van der Waals surface area contributed by atoms with Gasteiger partial charge in [-0.2, -0.15) is 0 Å². The average Bonchev–Trinajstić information content (AvgIpc) is 2.59. The van der Waals surface area contributed by atoms with Gasteiger partial charge < -0.3 is 0 Å². The summed E-state index contributed by atoms with van der Waals surface area (Å²) in [7, 11) is 0. The van der Waals surface area contributed by atoms with Crippen molar-refractivity contribution in [1.82, 2.24) is 0 Å². The molecule has 0 amide bonds. The summed E-state index contributed by atoms with van der Waals surface area (Å²) in [5, 5.41) is 0. The van der Waals surface area contributed by atoms with Crippen LogP contribution in [0.4, 0.5) is 0 Å². The predicted octanol–water partition coefficient (Wildman–Crippen LogP) is 9.46. The van der Waals surface area contributed by atoms with Crippen LogP contribution in [0.25, 0.3) is 0 Å². The molecule has 0 saturated carbocycles. The van der Waals surface area contributed by atoms with Gasteiger partial charge in [0, 0.05) is 0 Å². The molecule has 0 nitrogen and oxygen atoms in total. The predicted molar refractivity (Wildman–Crippen MR) is 113 cm³/mol. The summed E-state index contributed by atoms with van der Waals surface area (Å²) in [4.78, 5) is 0. The highest BCUT2D eigenvalue weighted by Crippen LogP contribution is 2.36. The zero-order chi connectivity index (χ0) is 17.9. The smallest absolute Gasteiger partial charge is 0.0326 e. The Bertz CT molecular complexity index is 222. The second kappa shape index (κ2) is 17.8. The maximum Gasteiger partial charge on any atom is -0.0326 e. The van der Waals surface area contributed by atoms with Crippen molar-refractivity contribution < 1.29 is 0 Å². The van der Waals surface area contributed by atoms with E-state index in [9.17, 15) is 0 Å². The first-order chi connectivity index (χ1) is 11.7. The van der Waals surface area contributed by atoms with Crippen molar-refractivity contribution in [3.8, 4) is 0 Å². The lowest BCUT2D eigenvalue weighted by Gasteiger charge is -2.30. The maximum absolute atomic E-state index is 2.57. The highest BCUT2D eigenvalue weighted by molar-refractivity contribution is 4.74. The van der Waals surface area contributed by atoms with Gasteiger partial charge in [-0.1, -0.05) is 130 Å². The van der Waals surface area contributed by atoms with Crippen molar-refractivity contribution in [3.63, 3.8) is 0 Å². The van der Waals surface area contributed by atoms with E-state index in [0.29, 0.717) is 5.41 Å². The van der Waals surface area contributed by atoms with Crippen LogP contribution in [0.3, 0.4) is 0 Å². The first kappa shape index (κ1) is 24.0. The van der Waals surface area contributed by atoms with Crippen molar-refractivity contribution >= 4 is 0 Å². The Balaban J connectivity index is 3.50. The molecule has 0 aromatic rings. The molecule has 0 rings (SSSR count). The summed E-state index contributed by atoms with van der Waals surface area (Å²) < 4.78 is 0. The fourth-order valence-corrected chi connectivity index (χ4v) is 3.97. The molecule has 0 spiro atoms. The monoisotopic (exact) mass is 338 g/mol. The van der Waals surface area contributed by atoms with Crippen LogP contribution in [0.5, 0.6) is 0 Å². The molecule has 0 heteroatoms. The quantitative estimate of drug-likeness (QED) is 0.206. The van der Waals surface area contributed by atoms with Gasteiger partial charge in [-0.05, 0) is 24.7 Å². The summed E-state index contributed by atoms with van der Waals surface area (Å²) in [6.07, 6.45) is 27.6. The van der Waals surface area contributed by atoms with Gasteiger partial charge in [-0.25, -0.2) is 0 Å². The van der Waals surface area contributed by atoms with Crippen LogP contribution >= 0.6 is 0 Å². The van der Waals surface area contributed by atoms with E-state index < -0.39 is 0 Å². The van der Waals surface area contributed by atoms with Gasteiger partial charge in [0.2, 0.25) is 0 Å². The molecule has 0 aliphatic carbocycles. The van der Waals surface area contributed by atoms with Gasteiger partial charge in [0.1, 0.15) is 0 Å². The minimum absolute atomic E-state index is 0.643. The van der Waals surface area contributed by atoms with E-state index in [1.165, 1.54) is 122 Å². The molecule has 0 aromatic carbocycles. The second-order valence-corrected chi connectivity index (χ2v) is 8.66. The first-order valence-corrected chi connectivity index (χ1v) is 11.7. The lowest BCUT2D eigenvalue weighted by atomic mass is 9.76. The Kier molecular flexibility index (Phi) is 17.8. The fraction of sp³-hybridized carbons (Fsp3) is 1.00. The van der Waals surface area contributed by atoms with Crippen LogP contribution in [-0.2, 0) is 0 Å². The van der Waals surface area contributed by atoms with Crippen LogP contribution < -0.4 is 0 Å². The molecule has 146 valence electrons. The third kappa shape index (κ3) is 15.5. The summed E-state index contributed by atoms with van der Waals surface area (Å²) in [6.45, 7) is 9.54. The van der Waals surface area contributed by atoms with Gasteiger partial charge >= 0.3 is 0 Å². The van der Waals surface area contributed by atoms with E-state index in [0.717, 1.165) is 0 Å². The van der Waals surface area contributed by atoms with E-state index in [1.54, 1.807) is 0 Å². The SMILES string of the molecule is CCCCCCCCCCCCCCC(C)(CCCC)CCCC. The molecule has 0 unspecified atom stereocenters. The third-order valence-electron chi connectivity index (χ3n) is 5.90. The average molecular weight is 339 g/mol. The molecule has 0 aliphatic heterocycles. The van der Waals surface area contributed by atoms with Gasteiger partial charge in [0.15, 0.2) is 0 Å². The van der Waals surface area contributed by atoms with E-state index in [-0.39, 0.29) is 0 Å². The summed E-state index contributed by atoms with van der Waals surface area (Å²) in [5.41, 5.74) is 0.643. The third-order valence-corrected chi connectivity index (χ3v) is 5.90. The van der Waals surface area contributed by atoms with Gasteiger partial charge in [-0.3, -0.25) is 0 Å². The van der Waals surface area contributed by atoms with Crippen LogP contribution in [0.1, 0.15) is 150 Å². The van der Waals surface area contributed by atoms with Crippen LogP contribution in [0.15, 0.2) is 0 Å². The molecular formula is C24H50. The Morgan fingerprint density at radius 3 is 1.04 bits per heavy atom. The fourth-order valence-electron chi connectivity index (χ4n) is 3.97. The summed E-state index contributed by atoms with van der Waals surface area (Å²) in [5.74, 6) is 0. The van der Waals surface area contributed by atoms with Crippen molar-refractivity contribution in [3.05, 3.63) is 0 Å². The molecule has 24 heavy (non-hydrogen) atoms. The minimum atomic E-state index is 0.643. The zero-order valence-corrected chi connectivity index (χ0v) is 17.9. The van der Waals surface area contributed by atoms with Crippen LogP contribution in [0, 0.1) is 5.41 Å². The molecule has 0 aliphatic rings. The number of rotatable bonds is 19. The van der Waals surface area contributed by atoms with Crippen LogP contribution in [-0.4, -0.2) is 0 Å². The maximum atomic E-state index is 2.57. The molecule has 0 heterocycles. The highest BCUT2D eigenvalue weighted by Gasteiger charge is 2.22. The van der Waals surface area contributed by atoms with Gasteiger partial charge in [-0.15, -0.1) is 0 Å². The molecular weight excluding hydrogens is 288 g/mol. The topological polar surface area (TPSA) is 0 Å². The lowest BCUT2D eigenvalue weighted by Crippen LogP contribution is -2.16. The minimum Gasteiger partial charge on any atom is -0.0654 e. The van der Waals surface area contributed by atoms with E-state index in [1.807, 2.05) is 0 Å². The van der Waals surface area contributed by atoms with E-state index in [2.05, 4.69) is 27.7 Å². The van der Waals surface area contributed by atoms with Crippen molar-refractivity contribution in [2.45, 2.75) is 150 Å². The standard InChI is InChI=1S/C24H50/c1-5-8-11-12-13-14-15-16-17-18-19-20-23-24(4,21-9-6-2)22-10-7-3/h5-23H2,1-4H3. The van der Waals surface area contributed by atoms with Crippen molar-refractivity contribution in [2.24, 2.45) is 5.41 Å². The van der Waals surface area contributed by atoms with E-state index in [4.69, 9.17) is 0 Å². The highest BCUT2D eigenvalue weighted by atomic mass is 14.3. The summed E-state index contributed by atoms with van der Waals surface area (Å²) >= 11 is 0. The molecule has 0 bridgehead atoms. The molecule has 0 fully saturated rings. The van der Waals surface area contributed by atoms with Gasteiger partial charge in [0.25, 0.3) is 0 Å². The number of hydrogen-bond acceptors (Lipinski definition) is 0. The largest absolute Gasteiger partial charge is 0.0654 e. The Hall–Kier alpha value is 0. The van der Waals surface area contributed by atoms with E-state index >= 15 is 0 Å². The number of hydrogen-bond donors (Lipinski definition) is 0. The number of unbranched alkanes of at least 4 members (excludes halogenated alkanes) is 13. The lowest BCUT2D eigenvalue weighted by molar-refractivity contribution is 0.226. The molecule has 0 N–H and O–H groups in total. The van der Waals surface area contributed by atoms with Crippen molar-refractivity contribution in [1.29, 1.82) is 0 Å². The molecule has 0 aromatic heterocycles. The molecule has 0 saturated heterocycles. The Morgan fingerprint density at radius 2 is 0.667 bits per heavy atom. The normalized spacial score (nSPS) is 12.0. The zero-order valence-electron chi connectivity index (χ0n) is 17.9. The molecule has 0 atom stereocenters. The molecule has 0 radical (unpaired) electrons. The van der Waals surface area contributed by atoms with Gasteiger partial charge in [0.05, 0.1) is 0 Å². The van der Waals surface area contributed by atoms with Crippen molar-refractivity contribution in [2.75, 3.05) is 0 Å². The second-order valence-electron chi connectivity index (χ2n) is 8.66. The Labute approximate surface area is 155 Å². The summed E-state index contributed by atoms with van der Waals surface area (Å²) in [6, 6.07) is 0. The Morgan fingerprint density at radius 1 is 0.375 bits per heavy atom. The van der Waals surface area contributed by atoms with Crippen LogP contribution in [0.2, 0.25) is 0 Å². The first-order valence-electron chi connectivity index (χ1n) is 11.7.